The topological polar surface area (TPSA) is 70.1 Å². The number of rotatable bonds is 6. The molecule has 0 aliphatic heterocycles. The standard InChI is InChI=1S/C12H22N4O/c1-5-9-15-10(13-6-2)7-11(16-9)14-8-12(3,4)17/h7,17H,5-6,8H2,1-4H3,(H2,13,14,15,16). The predicted molar refractivity (Wildman–Crippen MR) is 70.4 cm³/mol. The molecule has 0 spiro atoms. The van der Waals surface area contributed by atoms with E-state index in [-0.39, 0.29) is 0 Å². The average molecular weight is 238 g/mol. The van der Waals surface area contributed by atoms with Crippen molar-refractivity contribution in [3.8, 4) is 0 Å². The summed E-state index contributed by atoms with van der Waals surface area (Å²) in [7, 11) is 0. The second-order valence-corrected chi connectivity index (χ2v) is 4.60. The summed E-state index contributed by atoms with van der Waals surface area (Å²) in [6.45, 7) is 8.84. The third-order valence-electron chi connectivity index (χ3n) is 2.15. The van der Waals surface area contributed by atoms with Crippen LogP contribution in [-0.4, -0.2) is 33.8 Å². The van der Waals surface area contributed by atoms with Crippen LogP contribution in [0.25, 0.3) is 0 Å². The highest BCUT2D eigenvalue weighted by Gasteiger charge is 2.12. The first-order valence-corrected chi connectivity index (χ1v) is 6.02. The van der Waals surface area contributed by atoms with E-state index >= 15 is 0 Å². The normalized spacial score (nSPS) is 11.4. The highest BCUT2D eigenvalue weighted by atomic mass is 16.3. The molecule has 0 saturated heterocycles. The molecule has 3 N–H and O–H groups in total. The Morgan fingerprint density at radius 1 is 1.18 bits per heavy atom. The Kier molecular flexibility index (Phi) is 4.69. The molecule has 0 unspecified atom stereocenters. The van der Waals surface area contributed by atoms with Crippen LogP contribution in [0.1, 0.15) is 33.5 Å². The van der Waals surface area contributed by atoms with Gasteiger partial charge in [0.2, 0.25) is 0 Å². The van der Waals surface area contributed by atoms with Gasteiger partial charge >= 0.3 is 0 Å². The molecule has 0 aliphatic carbocycles. The van der Waals surface area contributed by atoms with Gasteiger partial charge in [-0.25, -0.2) is 9.97 Å². The fourth-order valence-electron chi connectivity index (χ4n) is 1.32. The summed E-state index contributed by atoms with van der Waals surface area (Å²) < 4.78 is 0. The fraction of sp³-hybridized carbons (Fsp3) is 0.667. The number of hydrogen-bond acceptors (Lipinski definition) is 5. The number of hydrogen-bond donors (Lipinski definition) is 3. The number of nitrogens with zero attached hydrogens (tertiary/aromatic N) is 2. The summed E-state index contributed by atoms with van der Waals surface area (Å²) >= 11 is 0. The summed E-state index contributed by atoms with van der Waals surface area (Å²) in [5, 5.41) is 15.9. The molecule has 1 aromatic rings. The van der Waals surface area contributed by atoms with Gasteiger partial charge in [0.25, 0.3) is 0 Å². The van der Waals surface area contributed by atoms with Crippen LogP contribution in [0, 0.1) is 0 Å². The van der Waals surface area contributed by atoms with Gasteiger partial charge in [-0.15, -0.1) is 0 Å². The second kappa shape index (κ2) is 5.82. The number of anilines is 2. The summed E-state index contributed by atoms with van der Waals surface area (Å²) in [6, 6.07) is 1.86. The van der Waals surface area contributed by atoms with E-state index in [4.69, 9.17) is 0 Å². The number of aromatic nitrogens is 2. The Bertz CT molecular complexity index is 360. The average Bonchev–Trinajstić information content (AvgIpc) is 2.25. The molecule has 0 amide bonds. The molecule has 0 radical (unpaired) electrons. The van der Waals surface area contributed by atoms with Crippen molar-refractivity contribution in [1.82, 2.24) is 9.97 Å². The van der Waals surface area contributed by atoms with Crippen molar-refractivity contribution < 1.29 is 5.11 Å². The fourth-order valence-corrected chi connectivity index (χ4v) is 1.32. The van der Waals surface area contributed by atoms with Gasteiger partial charge in [0, 0.05) is 25.6 Å². The van der Waals surface area contributed by atoms with Crippen molar-refractivity contribution in [2.45, 2.75) is 39.7 Å². The predicted octanol–water partition coefficient (Wildman–Crippen LogP) is 1.65. The largest absolute Gasteiger partial charge is 0.389 e. The van der Waals surface area contributed by atoms with E-state index in [0.29, 0.717) is 6.54 Å². The molecule has 1 aromatic heterocycles. The zero-order valence-electron chi connectivity index (χ0n) is 11.0. The summed E-state index contributed by atoms with van der Waals surface area (Å²) in [5.41, 5.74) is -0.754. The van der Waals surface area contributed by atoms with Gasteiger partial charge < -0.3 is 15.7 Å². The maximum absolute atomic E-state index is 9.66. The summed E-state index contributed by atoms with van der Waals surface area (Å²) in [6.07, 6.45) is 0.788. The monoisotopic (exact) mass is 238 g/mol. The SMILES string of the molecule is CCNc1cc(NCC(C)(C)O)nc(CC)n1. The van der Waals surface area contributed by atoms with Crippen molar-refractivity contribution >= 4 is 11.6 Å². The Balaban J connectivity index is 2.79. The molecule has 5 nitrogen and oxygen atoms in total. The maximum Gasteiger partial charge on any atom is 0.132 e. The number of aryl methyl sites for hydroxylation is 1. The van der Waals surface area contributed by atoms with Gasteiger partial charge in [-0.2, -0.15) is 0 Å². The van der Waals surface area contributed by atoms with E-state index < -0.39 is 5.60 Å². The van der Waals surface area contributed by atoms with Crippen LogP contribution in [0.2, 0.25) is 0 Å². The molecular formula is C12H22N4O. The van der Waals surface area contributed by atoms with Crippen LogP contribution in [-0.2, 0) is 6.42 Å². The lowest BCUT2D eigenvalue weighted by molar-refractivity contribution is 0.0944. The van der Waals surface area contributed by atoms with Crippen LogP contribution in [0.5, 0.6) is 0 Å². The first-order valence-electron chi connectivity index (χ1n) is 6.02. The maximum atomic E-state index is 9.66. The molecule has 0 aliphatic rings. The molecule has 5 heteroatoms. The van der Waals surface area contributed by atoms with Crippen LogP contribution in [0.3, 0.4) is 0 Å². The molecule has 0 fully saturated rings. The van der Waals surface area contributed by atoms with E-state index in [0.717, 1.165) is 30.4 Å². The second-order valence-electron chi connectivity index (χ2n) is 4.60. The molecule has 0 bridgehead atoms. The quantitative estimate of drug-likeness (QED) is 0.703. The van der Waals surface area contributed by atoms with Crippen LogP contribution in [0.15, 0.2) is 6.07 Å². The zero-order chi connectivity index (χ0) is 12.9. The third kappa shape index (κ3) is 4.99. The minimum Gasteiger partial charge on any atom is -0.389 e. The molecule has 0 atom stereocenters. The van der Waals surface area contributed by atoms with Crippen molar-refractivity contribution in [3.63, 3.8) is 0 Å². The summed E-state index contributed by atoms with van der Waals surface area (Å²) in [4.78, 5) is 8.73. The van der Waals surface area contributed by atoms with Crippen molar-refractivity contribution in [2.75, 3.05) is 23.7 Å². The Labute approximate surface area is 103 Å². The lowest BCUT2D eigenvalue weighted by Gasteiger charge is -2.18. The zero-order valence-corrected chi connectivity index (χ0v) is 11.0. The van der Waals surface area contributed by atoms with Gasteiger partial charge in [-0.05, 0) is 20.8 Å². The van der Waals surface area contributed by atoms with Crippen LogP contribution >= 0.6 is 0 Å². The van der Waals surface area contributed by atoms with E-state index in [1.54, 1.807) is 13.8 Å². The van der Waals surface area contributed by atoms with E-state index in [1.165, 1.54) is 0 Å². The lowest BCUT2D eigenvalue weighted by atomic mass is 10.1. The lowest BCUT2D eigenvalue weighted by Crippen LogP contribution is -2.29. The minimum absolute atomic E-state index is 0.457. The van der Waals surface area contributed by atoms with Gasteiger partial charge in [0.05, 0.1) is 5.60 Å². The first-order chi connectivity index (χ1) is 7.94. The Morgan fingerprint density at radius 2 is 1.76 bits per heavy atom. The van der Waals surface area contributed by atoms with Crippen LogP contribution in [0.4, 0.5) is 11.6 Å². The van der Waals surface area contributed by atoms with Crippen molar-refractivity contribution in [2.24, 2.45) is 0 Å². The van der Waals surface area contributed by atoms with Crippen LogP contribution < -0.4 is 10.6 Å². The third-order valence-corrected chi connectivity index (χ3v) is 2.15. The molecular weight excluding hydrogens is 216 g/mol. The molecule has 1 rings (SSSR count). The van der Waals surface area contributed by atoms with E-state index in [2.05, 4.69) is 20.6 Å². The van der Waals surface area contributed by atoms with Crippen molar-refractivity contribution in [1.29, 1.82) is 0 Å². The Hall–Kier alpha value is -1.36. The highest BCUT2D eigenvalue weighted by Crippen LogP contribution is 2.13. The molecule has 0 aromatic carbocycles. The van der Waals surface area contributed by atoms with Gasteiger partial charge in [-0.1, -0.05) is 6.92 Å². The highest BCUT2D eigenvalue weighted by molar-refractivity contribution is 5.47. The van der Waals surface area contributed by atoms with Gasteiger partial charge in [0.1, 0.15) is 17.5 Å². The minimum atomic E-state index is -0.754. The first kappa shape index (κ1) is 13.7. The van der Waals surface area contributed by atoms with Gasteiger partial charge in [0.15, 0.2) is 0 Å². The molecule has 96 valence electrons. The van der Waals surface area contributed by atoms with Crippen molar-refractivity contribution in [3.05, 3.63) is 11.9 Å². The Morgan fingerprint density at radius 3 is 2.24 bits per heavy atom. The van der Waals surface area contributed by atoms with Gasteiger partial charge in [-0.3, -0.25) is 0 Å². The number of nitrogens with one attached hydrogen (secondary N) is 2. The molecule has 1 heterocycles. The smallest absolute Gasteiger partial charge is 0.132 e. The number of aliphatic hydroxyl groups is 1. The molecule has 17 heavy (non-hydrogen) atoms. The van der Waals surface area contributed by atoms with E-state index in [9.17, 15) is 5.11 Å². The summed E-state index contributed by atoms with van der Waals surface area (Å²) in [5.74, 6) is 2.36. The molecule has 0 saturated carbocycles. The van der Waals surface area contributed by atoms with E-state index in [1.807, 2.05) is 19.9 Å².